The first kappa shape index (κ1) is 20.5. The van der Waals surface area contributed by atoms with Crippen molar-refractivity contribution in [2.45, 2.75) is 65.0 Å². The zero-order valence-electron chi connectivity index (χ0n) is 15.1. The maximum Gasteiger partial charge on any atom is 0.253 e. The molecular formula is C18H28ClN3O2. The van der Waals surface area contributed by atoms with Gasteiger partial charge in [-0.3, -0.25) is 9.59 Å². The largest absolute Gasteiger partial charge is 0.347 e. The molecule has 1 rings (SSSR count). The van der Waals surface area contributed by atoms with Crippen LogP contribution in [0.25, 0.3) is 0 Å². The predicted octanol–water partition coefficient (Wildman–Crippen LogP) is 3.71. The third-order valence-electron chi connectivity index (χ3n) is 4.10. The number of carbonyl (C=O) groups is 2. The highest BCUT2D eigenvalue weighted by atomic mass is 35.5. The van der Waals surface area contributed by atoms with Crippen LogP contribution in [0.2, 0.25) is 5.02 Å². The molecule has 24 heavy (non-hydrogen) atoms. The molecule has 0 heterocycles. The molecule has 1 unspecified atom stereocenters. The maximum absolute atomic E-state index is 12.3. The molecule has 0 spiro atoms. The fourth-order valence-corrected chi connectivity index (χ4v) is 2.41. The van der Waals surface area contributed by atoms with Crippen molar-refractivity contribution in [3.05, 3.63) is 28.8 Å². The van der Waals surface area contributed by atoms with Gasteiger partial charge in [0.25, 0.3) is 5.91 Å². The third-order valence-corrected chi connectivity index (χ3v) is 4.41. The first-order valence-electron chi connectivity index (χ1n) is 8.25. The first-order valence-corrected chi connectivity index (χ1v) is 8.62. The highest BCUT2D eigenvalue weighted by molar-refractivity contribution is 6.34. The number of anilines is 1. The zero-order chi connectivity index (χ0) is 18.5. The minimum Gasteiger partial charge on any atom is -0.347 e. The van der Waals surface area contributed by atoms with Crippen LogP contribution in [0.15, 0.2) is 18.2 Å². The van der Waals surface area contributed by atoms with Crippen molar-refractivity contribution in [3.63, 3.8) is 0 Å². The van der Waals surface area contributed by atoms with E-state index < -0.39 is 5.54 Å². The standard InChI is InChI=1S/C18H28ClN3O2/c1-6-10-18(5,20)16(24)21-12-8-9-13(14(19)11-12)15(23)22-17(3,4)7-2/h8-9,11H,6-7,10,20H2,1-5H3,(H,21,24)(H,22,23). The van der Waals surface area contributed by atoms with Gasteiger partial charge in [0.05, 0.1) is 16.1 Å². The zero-order valence-corrected chi connectivity index (χ0v) is 15.9. The van der Waals surface area contributed by atoms with Crippen LogP contribution in [0.1, 0.15) is 64.2 Å². The fraction of sp³-hybridized carbons (Fsp3) is 0.556. The van der Waals surface area contributed by atoms with E-state index >= 15 is 0 Å². The average molecular weight is 354 g/mol. The second-order valence-electron chi connectivity index (χ2n) is 7.01. The van der Waals surface area contributed by atoms with Crippen LogP contribution in [0, 0.1) is 0 Å². The van der Waals surface area contributed by atoms with E-state index in [1.54, 1.807) is 25.1 Å². The van der Waals surface area contributed by atoms with Gasteiger partial charge in [-0.25, -0.2) is 0 Å². The molecule has 0 aromatic heterocycles. The molecule has 2 amide bonds. The lowest BCUT2D eigenvalue weighted by molar-refractivity contribution is -0.120. The van der Waals surface area contributed by atoms with Crippen molar-refractivity contribution in [3.8, 4) is 0 Å². The van der Waals surface area contributed by atoms with Crippen LogP contribution in [-0.4, -0.2) is 22.9 Å². The molecule has 4 N–H and O–H groups in total. The second kappa shape index (κ2) is 7.99. The molecule has 0 aliphatic heterocycles. The Hall–Kier alpha value is -1.59. The first-order chi connectivity index (χ1) is 11.0. The van der Waals surface area contributed by atoms with Gasteiger partial charge in [0.1, 0.15) is 0 Å². The smallest absolute Gasteiger partial charge is 0.253 e. The molecule has 1 atom stereocenters. The van der Waals surface area contributed by atoms with Gasteiger partial charge in [-0.2, -0.15) is 0 Å². The van der Waals surface area contributed by atoms with E-state index in [9.17, 15) is 9.59 Å². The van der Waals surface area contributed by atoms with E-state index in [1.807, 2.05) is 27.7 Å². The molecule has 1 aromatic carbocycles. The third kappa shape index (κ3) is 5.49. The highest BCUT2D eigenvalue weighted by Crippen LogP contribution is 2.23. The minimum atomic E-state index is -0.942. The molecule has 134 valence electrons. The summed E-state index contributed by atoms with van der Waals surface area (Å²) in [5.41, 5.74) is 5.65. The van der Waals surface area contributed by atoms with E-state index in [1.165, 1.54) is 0 Å². The number of benzene rings is 1. The topological polar surface area (TPSA) is 84.2 Å². The molecule has 0 aliphatic rings. The lowest BCUT2D eigenvalue weighted by atomic mass is 9.96. The van der Waals surface area contributed by atoms with Gasteiger partial charge in [-0.15, -0.1) is 0 Å². The lowest BCUT2D eigenvalue weighted by Crippen LogP contribution is -2.48. The quantitative estimate of drug-likeness (QED) is 0.698. The van der Waals surface area contributed by atoms with Gasteiger partial charge in [0.15, 0.2) is 0 Å². The molecule has 0 saturated heterocycles. The van der Waals surface area contributed by atoms with E-state index in [2.05, 4.69) is 10.6 Å². The van der Waals surface area contributed by atoms with Crippen molar-refractivity contribution in [1.82, 2.24) is 5.32 Å². The Bertz CT molecular complexity index is 612. The summed E-state index contributed by atoms with van der Waals surface area (Å²) in [6.45, 7) is 9.57. The van der Waals surface area contributed by atoms with Crippen molar-refractivity contribution < 1.29 is 9.59 Å². The Morgan fingerprint density at radius 1 is 1.21 bits per heavy atom. The molecule has 0 fully saturated rings. The van der Waals surface area contributed by atoms with Crippen molar-refractivity contribution in [2.75, 3.05) is 5.32 Å². The molecule has 1 aromatic rings. The number of rotatable bonds is 7. The summed E-state index contributed by atoms with van der Waals surface area (Å²) in [7, 11) is 0. The van der Waals surface area contributed by atoms with Crippen molar-refractivity contribution in [2.24, 2.45) is 5.73 Å². The summed E-state index contributed by atoms with van der Waals surface area (Å²) in [4.78, 5) is 24.5. The van der Waals surface area contributed by atoms with E-state index in [0.717, 1.165) is 12.8 Å². The number of nitrogens with two attached hydrogens (primary N) is 1. The molecule has 0 aliphatic carbocycles. The minimum absolute atomic E-state index is 0.237. The van der Waals surface area contributed by atoms with E-state index in [-0.39, 0.29) is 22.4 Å². The summed E-state index contributed by atoms with van der Waals surface area (Å²) in [5.74, 6) is -0.510. The second-order valence-corrected chi connectivity index (χ2v) is 7.41. The predicted molar refractivity (Wildman–Crippen MR) is 99.4 cm³/mol. The van der Waals surface area contributed by atoms with Crippen LogP contribution in [0.5, 0.6) is 0 Å². The molecule has 0 saturated carbocycles. The molecule has 0 radical (unpaired) electrons. The lowest BCUT2D eigenvalue weighted by Gasteiger charge is -2.25. The Morgan fingerprint density at radius 3 is 2.33 bits per heavy atom. The molecule has 6 heteroatoms. The number of hydrogen-bond donors (Lipinski definition) is 3. The number of carbonyl (C=O) groups excluding carboxylic acids is 2. The van der Waals surface area contributed by atoms with Gasteiger partial charge in [0.2, 0.25) is 5.91 Å². The van der Waals surface area contributed by atoms with Crippen LogP contribution >= 0.6 is 11.6 Å². The summed E-state index contributed by atoms with van der Waals surface area (Å²) < 4.78 is 0. The number of nitrogens with one attached hydrogen (secondary N) is 2. The van der Waals surface area contributed by atoms with Gasteiger partial charge in [-0.05, 0) is 51.8 Å². The van der Waals surface area contributed by atoms with Crippen LogP contribution < -0.4 is 16.4 Å². The Morgan fingerprint density at radius 2 is 1.83 bits per heavy atom. The summed E-state index contributed by atoms with van der Waals surface area (Å²) >= 11 is 6.21. The monoisotopic (exact) mass is 353 g/mol. The maximum atomic E-state index is 12.3. The van der Waals surface area contributed by atoms with E-state index in [4.69, 9.17) is 17.3 Å². The number of hydrogen-bond acceptors (Lipinski definition) is 3. The van der Waals surface area contributed by atoms with Gasteiger partial charge >= 0.3 is 0 Å². The SMILES string of the molecule is CCCC(C)(N)C(=O)Nc1ccc(C(=O)NC(C)(C)CC)c(Cl)c1. The normalized spacial score (nSPS) is 14.0. The Balaban J connectivity index is 2.89. The molecule has 5 nitrogen and oxygen atoms in total. The average Bonchev–Trinajstić information content (AvgIpc) is 2.46. The summed E-state index contributed by atoms with van der Waals surface area (Å²) in [6.07, 6.45) is 2.20. The van der Waals surface area contributed by atoms with E-state index in [0.29, 0.717) is 17.7 Å². The molecular weight excluding hydrogens is 326 g/mol. The number of amides is 2. The summed E-state index contributed by atoms with van der Waals surface area (Å²) in [5, 5.41) is 5.97. The molecule has 0 bridgehead atoms. The summed E-state index contributed by atoms with van der Waals surface area (Å²) in [6, 6.07) is 4.82. The van der Waals surface area contributed by atoms with Gasteiger partial charge < -0.3 is 16.4 Å². The van der Waals surface area contributed by atoms with Crippen LogP contribution in [0.4, 0.5) is 5.69 Å². The highest BCUT2D eigenvalue weighted by Gasteiger charge is 2.27. The fourth-order valence-electron chi connectivity index (χ4n) is 2.15. The van der Waals surface area contributed by atoms with Crippen LogP contribution in [0.3, 0.4) is 0 Å². The van der Waals surface area contributed by atoms with Crippen molar-refractivity contribution >= 4 is 29.1 Å². The van der Waals surface area contributed by atoms with Gasteiger partial charge in [0, 0.05) is 11.2 Å². The number of halogens is 1. The van der Waals surface area contributed by atoms with Crippen molar-refractivity contribution in [1.29, 1.82) is 0 Å². The van der Waals surface area contributed by atoms with Crippen LogP contribution in [-0.2, 0) is 4.79 Å². The van der Waals surface area contributed by atoms with Gasteiger partial charge in [-0.1, -0.05) is 31.9 Å². The Labute approximate surface area is 149 Å². The Kier molecular flexibility index (Phi) is 6.81.